The van der Waals surface area contributed by atoms with Crippen LogP contribution in [-0.2, 0) is 13.0 Å². The molecule has 220 valence electrons. The van der Waals surface area contributed by atoms with E-state index in [2.05, 4.69) is 15.0 Å². The molecule has 4 N–H and O–H groups in total. The van der Waals surface area contributed by atoms with Crippen LogP contribution in [0.15, 0.2) is 52.0 Å². The van der Waals surface area contributed by atoms with Gasteiger partial charge in [-0.3, -0.25) is 4.98 Å². The molecule has 0 atom stereocenters. The van der Waals surface area contributed by atoms with E-state index in [4.69, 9.17) is 0 Å². The molecule has 0 spiro atoms. The summed E-state index contributed by atoms with van der Waals surface area (Å²) in [5.41, 5.74) is 1.81. The standard InChI is InChI=1S/C26H25F5N4S.C2H6.2H2O/c1-5-19-12-18(26(29,30)31)13-20-23(33-19)35(4)24(34-20)22-21(36-6-2)11-16(14-32-22)15-7-9-17(10-8-15)25(3,27)28;1-2;;/h7-11,13-14H,5-6,12H2,1-4H3;1-2H3;2*1H2. The fourth-order valence-corrected chi connectivity index (χ4v) is 4.76. The van der Waals surface area contributed by atoms with Crippen LogP contribution in [0.5, 0.6) is 0 Å². The summed E-state index contributed by atoms with van der Waals surface area (Å²) in [4.78, 5) is 14.4. The summed E-state index contributed by atoms with van der Waals surface area (Å²) < 4.78 is 69.7. The van der Waals surface area contributed by atoms with Crippen molar-refractivity contribution in [3.8, 4) is 22.6 Å². The van der Waals surface area contributed by atoms with Gasteiger partial charge in [0.2, 0.25) is 0 Å². The SMILES string of the molecule is CC.CCSc1cc(-c2ccc(C(C)(F)F)cc2)cnc1-c1nc2c(n1C)N=C(CC)CC(C(F)(F)F)=C2.O.O. The van der Waals surface area contributed by atoms with Gasteiger partial charge >= 0.3 is 6.18 Å². The minimum Gasteiger partial charge on any atom is -0.412 e. The lowest BCUT2D eigenvalue weighted by Crippen LogP contribution is -2.14. The maximum atomic E-state index is 13.6. The van der Waals surface area contributed by atoms with Crippen molar-refractivity contribution >= 4 is 29.4 Å². The van der Waals surface area contributed by atoms with E-state index in [0.717, 1.165) is 34.8 Å². The van der Waals surface area contributed by atoms with Crippen LogP contribution in [0, 0.1) is 0 Å². The normalized spacial score (nSPS) is 13.0. The first-order chi connectivity index (χ1) is 17.9. The van der Waals surface area contributed by atoms with Gasteiger partial charge in [0.25, 0.3) is 5.92 Å². The van der Waals surface area contributed by atoms with Gasteiger partial charge in [-0.15, -0.1) is 11.8 Å². The molecular formula is C28H35F5N4O2S. The molecule has 2 aromatic heterocycles. The number of aliphatic imine (C=N–C) groups is 1. The predicted octanol–water partition coefficient (Wildman–Crippen LogP) is 7.58. The summed E-state index contributed by atoms with van der Waals surface area (Å²) in [6.45, 7) is 8.60. The Labute approximate surface area is 235 Å². The van der Waals surface area contributed by atoms with Crippen molar-refractivity contribution in [2.45, 2.75) is 64.5 Å². The van der Waals surface area contributed by atoms with E-state index in [-0.39, 0.29) is 28.6 Å². The van der Waals surface area contributed by atoms with Gasteiger partial charge < -0.3 is 15.5 Å². The van der Waals surface area contributed by atoms with E-state index in [0.29, 0.717) is 29.5 Å². The van der Waals surface area contributed by atoms with Crippen molar-refractivity contribution in [3.63, 3.8) is 0 Å². The summed E-state index contributed by atoms with van der Waals surface area (Å²) in [5, 5.41) is 0. The van der Waals surface area contributed by atoms with Crippen LogP contribution >= 0.6 is 11.8 Å². The molecular weight excluding hydrogens is 551 g/mol. The first kappa shape index (κ1) is 34.9. The average Bonchev–Trinajstić information content (AvgIpc) is 3.05. The third-order valence-electron chi connectivity index (χ3n) is 5.92. The van der Waals surface area contributed by atoms with Crippen molar-refractivity contribution in [1.82, 2.24) is 14.5 Å². The molecule has 12 heteroatoms. The predicted molar refractivity (Wildman–Crippen MR) is 152 cm³/mol. The van der Waals surface area contributed by atoms with Crippen LogP contribution in [0.3, 0.4) is 0 Å². The van der Waals surface area contributed by atoms with Crippen molar-refractivity contribution in [2.75, 3.05) is 5.75 Å². The number of hydrogen-bond donors (Lipinski definition) is 0. The Bertz CT molecular complexity index is 1340. The number of rotatable bonds is 6. The Balaban J connectivity index is 0.00000196. The molecule has 0 saturated carbocycles. The monoisotopic (exact) mass is 586 g/mol. The van der Waals surface area contributed by atoms with Crippen LogP contribution in [0.25, 0.3) is 28.7 Å². The Kier molecular flexibility index (Phi) is 12.2. The van der Waals surface area contributed by atoms with Crippen molar-refractivity contribution in [1.29, 1.82) is 0 Å². The number of aromatic nitrogens is 3. The van der Waals surface area contributed by atoms with Gasteiger partial charge in [-0.25, -0.2) is 18.8 Å². The number of imidazole rings is 1. The highest BCUT2D eigenvalue weighted by Crippen LogP contribution is 2.39. The molecule has 0 aliphatic carbocycles. The highest BCUT2D eigenvalue weighted by molar-refractivity contribution is 7.99. The third-order valence-corrected chi connectivity index (χ3v) is 6.83. The second kappa shape index (κ2) is 14.0. The summed E-state index contributed by atoms with van der Waals surface area (Å²) in [6, 6.07) is 7.92. The molecule has 1 aliphatic heterocycles. The number of benzene rings is 1. The van der Waals surface area contributed by atoms with Crippen LogP contribution in [0.2, 0.25) is 0 Å². The summed E-state index contributed by atoms with van der Waals surface area (Å²) in [7, 11) is 1.71. The molecule has 3 aromatic rings. The molecule has 0 saturated heterocycles. The van der Waals surface area contributed by atoms with Gasteiger partial charge in [0.05, 0.1) is 0 Å². The number of fused-ring (bicyclic) bond motifs is 1. The number of allylic oxidation sites excluding steroid dienone is 1. The molecule has 4 rings (SSSR count). The number of nitrogens with zero attached hydrogens (tertiary/aromatic N) is 4. The maximum Gasteiger partial charge on any atom is 0.413 e. The number of alkyl halides is 5. The maximum absolute atomic E-state index is 13.6. The fraction of sp³-hybridized carbons (Fsp3) is 0.393. The summed E-state index contributed by atoms with van der Waals surface area (Å²) in [5.74, 6) is -1.45. The Morgan fingerprint density at radius 1 is 0.975 bits per heavy atom. The van der Waals surface area contributed by atoms with Gasteiger partial charge in [0, 0.05) is 53.9 Å². The van der Waals surface area contributed by atoms with Gasteiger partial charge in [-0.1, -0.05) is 52.0 Å². The molecule has 0 radical (unpaired) electrons. The minimum atomic E-state index is -4.48. The van der Waals surface area contributed by atoms with E-state index in [1.54, 1.807) is 36.9 Å². The first-order valence-corrected chi connectivity index (χ1v) is 13.4. The molecule has 3 heterocycles. The second-order valence-corrected chi connectivity index (χ2v) is 9.85. The lowest BCUT2D eigenvalue weighted by molar-refractivity contribution is -0.0915. The Morgan fingerprint density at radius 2 is 1.60 bits per heavy atom. The molecule has 0 unspecified atom stereocenters. The fourth-order valence-electron chi connectivity index (χ4n) is 3.95. The summed E-state index contributed by atoms with van der Waals surface area (Å²) in [6.07, 6.45) is -1.67. The third kappa shape index (κ3) is 7.55. The topological polar surface area (TPSA) is 106 Å². The van der Waals surface area contributed by atoms with Crippen LogP contribution in [-0.4, -0.2) is 43.1 Å². The van der Waals surface area contributed by atoms with Gasteiger partial charge in [-0.05, 0) is 29.9 Å². The quantitative estimate of drug-likeness (QED) is 0.219. The van der Waals surface area contributed by atoms with Crippen molar-refractivity contribution in [3.05, 3.63) is 53.4 Å². The highest BCUT2D eigenvalue weighted by Gasteiger charge is 2.36. The Hall–Kier alpha value is -3.09. The number of pyridine rings is 1. The zero-order chi connectivity index (χ0) is 28.3. The number of halogens is 5. The smallest absolute Gasteiger partial charge is 0.412 e. The largest absolute Gasteiger partial charge is 0.413 e. The molecule has 1 aliphatic rings. The lowest BCUT2D eigenvalue weighted by Gasteiger charge is -2.13. The van der Waals surface area contributed by atoms with Gasteiger partial charge in [0.1, 0.15) is 11.4 Å². The first-order valence-electron chi connectivity index (χ1n) is 12.4. The van der Waals surface area contributed by atoms with E-state index in [1.165, 1.54) is 23.9 Å². The van der Waals surface area contributed by atoms with E-state index in [9.17, 15) is 22.0 Å². The van der Waals surface area contributed by atoms with Crippen molar-refractivity contribution in [2.24, 2.45) is 12.0 Å². The molecule has 0 bridgehead atoms. The second-order valence-electron chi connectivity index (χ2n) is 8.55. The lowest BCUT2D eigenvalue weighted by atomic mass is 10.0. The summed E-state index contributed by atoms with van der Waals surface area (Å²) >= 11 is 1.51. The molecule has 1 aromatic carbocycles. The zero-order valence-electron chi connectivity index (χ0n) is 23.2. The van der Waals surface area contributed by atoms with Crippen molar-refractivity contribution < 1.29 is 32.9 Å². The molecule has 0 amide bonds. The van der Waals surface area contributed by atoms with Gasteiger partial charge in [-0.2, -0.15) is 13.2 Å². The van der Waals surface area contributed by atoms with Crippen LogP contribution < -0.4 is 0 Å². The van der Waals surface area contributed by atoms with E-state index >= 15 is 0 Å². The average molecular weight is 587 g/mol. The molecule has 40 heavy (non-hydrogen) atoms. The number of hydrogen-bond acceptors (Lipinski definition) is 4. The zero-order valence-corrected chi connectivity index (χ0v) is 24.1. The van der Waals surface area contributed by atoms with E-state index < -0.39 is 17.7 Å². The Morgan fingerprint density at radius 3 is 2.12 bits per heavy atom. The molecule has 6 nitrogen and oxygen atoms in total. The number of thioether (sulfide) groups is 1. The van der Waals surface area contributed by atoms with E-state index in [1.807, 2.05) is 26.8 Å². The highest BCUT2D eigenvalue weighted by atomic mass is 32.2. The molecule has 0 fully saturated rings. The van der Waals surface area contributed by atoms with Gasteiger partial charge in [0.15, 0.2) is 11.6 Å². The van der Waals surface area contributed by atoms with Crippen LogP contribution in [0.4, 0.5) is 27.8 Å². The minimum absolute atomic E-state index is 0. The van der Waals surface area contributed by atoms with Crippen LogP contribution in [0.1, 0.15) is 58.7 Å².